The van der Waals surface area contributed by atoms with Gasteiger partial charge < -0.3 is 9.67 Å². The van der Waals surface area contributed by atoms with E-state index >= 15 is 0 Å². The number of aromatic nitrogens is 1. The molecule has 1 aliphatic rings. The molecule has 1 atom stereocenters. The van der Waals surface area contributed by atoms with E-state index in [1.54, 1.807) is 0 Å². The van der Waals surface area contributed by atoms with Gasteiger partial charge in [0, 0.05) is 29.6 Å². The number of carbonyl (C=O) groups is 1. The fourth-order valence-corrected chi connectivity index (χ4v) is 4.38. The summed E-state index contributed by atoms with van der Waals surface area (Å²) >= 11 is 0. The minimum absolute atomic E-state index is 0.122. The average molecular weight is 364 g/mol. The van der Waals surface area contributed by atoms with Crippen LogP contribution in [0, 0.1) is 12.8 Å². The lowest BCUT2D eigenvalue weighted by Gasteiger charge is -2.37. The lowest BCUT2D eigenvalue weighted by atomic mass is 9.89. The van der Waals surface area contributed by atoms with Crippen molar-refractivity contribution in [2.75, 3.05) is 19.6 Å². The topological polar surface area (TPSA) is 45.5 Å². The van der Waals surface area contributed by atoms with E-state index in [0.717, 1.165) is 36.4 Å². The van der Waals surface area contributed by atoms with Crippen molar-refractivity contribution in [3.05, 3.63) is 35.5 Å². The van der Waals surface area contributed by atoms with Gasteiger partial charge in [-0.15, -0.1) is 0 Å². The van der Waals surface area contributed by atoms with Crippen molar-refractivity contribution < 1.29 is 18.7 Å². The second kappa shape index (κ2) is 6.99. The molecule has 4 nitrogen and oxygen atoms in total. The molecule has 1 aromatic carbocycles. The fraction of sp³-hybridized carbons (Fsp3) is 0.550. The van der Waals surface area contributed by atoms with E-state index in [0.29, 0.717) is 24.6 Å². The lowest BCUT2D eigenvalue weighted by Crippen LogP contribution is -2.41. The number of halogens is 2. The first-order valence-corrected chi connectivity index (χ1v) is 9.12. The molecule has 142 valence electrons. The van der Waals surface area contributed by atoms with E-state index in [1.807, 2.05) is 36.1 Å². The third kappa shape index (κ3) is 3.61. The molecule has 1 unspecified atom stereocenters. The summed E-state index contributed by atoms with van der Waals surface area (Å²) in [7, 11) is 0. The molecule has 0 amide bonds. The second-order valence-corrected chi connectivity index (χ2v) is 7.58. The van der Waals surface area contributed by atoms with Gasteiger partial charge in [0.2, 0.25) is 0 Å². The molecule has 0 spiro atoms. The van der Waals surface area contributed by atoms with Gasteiger partial charge in [0.05, 0.1) is 12.1 Å². The Morgan fingerprint density at radius 3 is 2.50 bits per heavy atom. The Hall–Kier alpha value is -1.95. The highest BCUT2D eigenvalue weighted by molar-refractivity contribution is 6.05. The molecule has 0 radical (unpaired) electrons. The maximum absolute atomic E-state index is 13.2. The largest absolute Gasteiger partial charge is 0.478 e. The van der Waals surface area contributed by atoms with Gasteiger partial charge in [-0.25, -0.2) is 13.6 Å². The van der Waals surface area contributed by atoms with Crippen molar-refractivity contribution in [3.63, 3.8) is 0 Å². The number of hydrogen-bond acceptors (Lipinski definition) is 2. The smallest absolute Gasteiger partial charge is 0.338 e. The van der Waals surface area contributed by atoms with Crippen LogP contribution in [0.4, 0.5) is 8.78 Å². The van der Waals surface area contributed by atoms with Crippen LogP contribution in [-0.2, 0) is 0 Å². The summed E-state index contributed by atoms with van der Waals surface area (Å²) in [5.41, 5.74) is 2.04. The number of fused-ring (bicyclic) bond motifs is 1. The van der Waals surface area contributed by atoms with Gasteiger partial charge in [0.1, 0.15) is 0 Å². The van der Waals surface area contributed by atoms with Crippen molar-refractivity contribution >= 4 is 16.9 Å². The maximum Gasteiger partial charge on any atom is 0.338 e. The number of carboxylic acid groups (broad SMARTS) is 1. The van der Waals surface area contributed by atoms with Crippen LogP contribution < -0.4 is 0 Å². The molecule has 6 heteroatoms. The molecule has 1 saturated heterocycles. The van der Waals surface area contributed by atoms with Crippen molar-refractivity contribution in [1.29, 1.82) is 0 Å². The van der Waals surface area contributed by atoms with Gasteiger partial charge in [-0.2, -0.15) is 0 Å². The predicted molar refractivity (Wildman–Crippen MR) is 98.1 cm³/mol. The minimum Gasteiger partial charge on any atom is -0.478 e. The lowest BCUT2D eigenvalue weighted by molar-refractivity contribution is -0.0239. The van der Waals surface area contributed by atoms with Gasteiger partial charge in [-0.1, -0.05) is 18.2 Å². The SMILES string of the molecule is Cc1c(C(=O)O)c2ccccc2n1C(C)C1CCN(CC(C)(F)F)CC1. The van der Waals surface area contributed by atoms with E-state index in [-0.39, 0.29) is 12.6 Å². The van der Waals surface area contributed by atoms with Crippen molar-refractivity contribution in [1.82, 2.24) is 9.47 Å². The highest BCUT2D eigenvalue weighted by Crippen LogP contribution is 2.36. The zero-order valence-electron chi connectivity index (χ0n) is 15.5. The summed E-state index contributed by atoms with van der Waals surface area (Å²) in [6.45, 7) is 6.05. The number of likely N-dealkylation sites (tertiary alicyclic amines) is 1. The molecular formula is C20H26F2N2O2. The summed E-state index contributed by atoms with van der Waals surface area (Å²) in [5, 5.41) is 10.4. The summed E-state index contributed by atoms with van der Waals surface area (Å²) in [6.07, 6.45) is 1.68. The van der Waals surface area contributed by atoms with Crippen LogP contribution in [-0.4, -0.2) is 46.1 Å². The molecule has 0 saturated carbocycles. The number of piperidine rings is 1. The summed E-state index contributed by atoms with van der Waals surface area (Å²) < 4.78 is 28.6. The Balaban J connectivity index is 1.84. The van der Waals surface area contributed by atoms with E-state index in [9.17, 15) is 18.7 Å². The third-order valence-electron chi connectivity index (χ3n) is 5.59. The van der Waals surface area contributed by atoms with Crippen LogP contribution in [0.2, 0.25) is 0 Å². The van der Waals surface area contributed by atoms with Crippen LogP contribution in [0.3, 0.4) is 0 Å². The Morgan fingerprint density at radius 1 is 1.31 bits per heavy atom. The molecule has 2 heterocycles. The van der Waals surface area contributed by atoms with Gasteiger partial charge in [-0.05, 0) is 51.8 Å². The van der Waals surface area contributed by atoms with Gasteiger partial charge in [-0.3, -0.25) is 4.90 Å². The van der Waals surface area contributed by atoms with E-state index in [1.165, 1.54) is 0 Å². The van der Waals surface area contributed by atoms with Gasteiger partial charge in [0.15, 0.2) is 0 Å². The average Bonchev–Trinajstić information content (AvgIpc) is 2.85. The molecular weight excluding hydrogens is 338 g/mol. The highest BCUT2D eigenvalue weighted by Gasteiger charge is 2.32. The van der Waals surface area contributed by atoms with E-state index in [4.69, 9.17) is 0 Å². The number of aromatic carboxylic acids is 1. The fourth-order valence-electron chi connectivity index (χ4n) is 4.38. The van der Waals surface area contributed by atoms with Crippen LogP contribution in [0.5, 0.6) is 0 Å². The van der Waals surface area contributed by atoms with Crippen LogP contribution in [0.15, 0.2) is 24.3 Å². The molecule has 2 aromatic rings. The molecule has 1 N–H and O–H groups in total. The van der Waals surface area contributed by atoms with Crippen molar-refractivity contribution in [2.45, 2.75) is 45.6 Å². The molecule has 1 aliphatic heterocycles. The second-order valence-electron chi connectivity index (χ2n) is 7.58. The zero-order chi connectivity index (χ0) is 19.1. The number of rotatable bonds is 5. The van der Waals surface area contributed by atoms with E-state index < -0.39 is 11.9 Å². The monoisotopic (exact) mass is 364 g/mol. The van der Waals surface area contributed by atoms with E-state index in [2.05, 4.69) is 11.5 Å². The first kappa shape index (κ1) is 18.8. The number of alkyl halides is 2. The van der Waals surface area contributed by atoms with Crippen LogP contribution in [0.1, 0.15) is 48.8 Å². The Kier molecular flexibility index (Phi) is 5.06. The minimum atomic E-state index is -2.66. The van der Waals surface area contributed by atoms with Crippen LogP contribution >= 0.6 is 0 Å². The summed E-state index contributed by atoms with van der Waals surface area (Å²) in [5.74, 6) is -3.24. The standard InChI is InChI=1S/C20H26F2N2O2/c1-13(15-8-10-23(11-9-15)12-20(3,21)22)24-14(2)18(19(25)26)16-6-4-5-7-17(16)24/h4-7,13,15H,8-12H2,1-3H3,(H,25,26). The Labute approximate surface area is 152 Å². The number of hydrogen-bond donors (Lipinski definition) is 1. The molecule has 1 aromatic heterocycles. The Morgan fingerprint density at radius 2 is 1.92 bits per heavy atom. The highest BCUT2D eigenvalue weighted by atomic mass is 19.3. The van der Waals surface area contributed by atoms with Crippen molar-refractivity contribution in [2.24, 2.45) is 5.92 Å². The molecule has 0 aliphatic carbocycles. The zero-order valence-corrected chi connectivity index (χ0v) is 15.5. The normalized spacial score (nSPS) is 18.3. The number of para-hydroxylation sites is 1. The number of benzene rings is 1. The first-order chi connectivity index (χ1) is 12.2. The van der Waals surface area contributed by atoms with Gasteiger partial charge in [0.25, 0.3) is 5.92 Å². The summed E-state index contributed by atoms with van der Waals surface area (Å²) in [4.78, 5) is 13.6. The quantitative estimate of drug-likeness (QED) is 0.845. The number of carboxylic acids is 1. The molecule has 0 bridgehead atoms. The third-order valence-corrected chi connectivity index (χ3v) is 5.59. The molecule has 1 fully saturated rings. The number of nitrogens with zero attached hydrogens (tertiary/aromatic N) is 2. The molecule has 26 heavy (non-hydrogen) atoms. The summed E-state index contributed by atoms with van der Waals surface area (Å²) in [6, 6.07) is 7.70. The Bertz CT molecular complexity index is 802. The van der Waals surface area contributed by atoms with Crippen LogP contribution in [0.25, 0.3) is 10.9 Å². The molecule has 3 rings (SSSR count). The predicted octanol–water partition coefficient (Wildman–Crippen LogP) is 4.58. The first-order valence-electron chi connectivity index (χ1n) is 9.12. The maximum atomic E-state index is 13.2. The van der Waals surface area contributed by atoms with Gasteiger partial charge >= 0.3 is 5.97 Å². The van der Waals surface area contributed by atoms with Crippen molar-refractivity contribution in [3.8, 4) is 0 Å².